The molecule has 1 aromatic carbocycles. The van der Waals surface area contributed by atoms with Crippen molar-refractivity contribution in [2.45, 2.75) is 20.0 Å². The molecule has 6 nitrogen and oxygen atoms in total. The van der Waals surface area contributed by atoms with Gasteiger partial charge < -0.3 is 10.6 Å². The topological polar surface area (TPSA) is 82.6 Å². The van der Waals surface area contributed by atoms with Crippen LogP contribution in [0.4, 0.5) is 16.2 Å². The van der Waals surface area contributed by atoms with Crippen LogP contribution < -0.4 is 16.0 Å². The molecule has 1 fully saturated rings. The molecule has 3 amide bonds. The van der Waals surface area contributed by atoms with E-state index in [1.54, 1.807) is 0 Å². The van der Waals surface area contributed by atoms with Crippen molar-refractivity contribution in [1.29, 1.82) is 0 Å². The standard InChI is InChI=1S/C12H12N4O2/c1-5-3-7-8(4-6(5)2)14-10-9(13-7)11(17)16-12(18)15-10/h3-4,10,14H,1-2H3,(H2,15,16,17,18). The maximum atomic E-state index is 11.7. The fourth-order valence-corrected chi connectivity index (χ4v) is 2.05. The molecule has 1 aromatic rings. The minimum atomic E-state index is -0.555. The number of nitrogens with one attached hydrogen (secondary N) is 3. The fourth-order valence-electron chi connectivity index (χ4n) is 2.05. The van der Waals surface area contributed by atoms with Gasteiger partial charge >= 0.3 is 6.03 Å². The Labute approximate surface area is 103 Å². The Bertz CT molecular complexity index is 606. The fraction of sp³-hybridized carbons (Fsp3) is 0.250. The van der Waals surface area contributed by atoms with Gasteiger partial charge in [0.05, 0.1) is 11.4 Å². The molecule has 92 valence electrons. The molecule has 6 heteroatoms. The molecule has 0 bridgehead atoms. The van der Waals surface area contributed by atoms with Crippen molar-refractivity contribution in [3.05, 3.63) is 23.3 Å². The van der Waals surface area contributed by atoms with Gasteiger partial charge in [0, 0.05) is 0 Å². The summed E-state index contributed by atoms with van der Waals surface area (Å²) in [6.45, 7) is 3.99. The lowest BCUT2D eigenvalue weighted by Gasteiger charge is -2.30. The van der Waals surface area contributed by atoms with Crippen LogP contribution in [0, 0.1) is 13.8 Å². The Morgan fingerprint density at radius 2 is 1.83 bits per heavy atom. The predicted octanol–water partition coefficient (Wildman–Crippen LogP) is 0.967. The van der Waals surface area contributed by atoms with E-state index in [0.717, 1.165) is 22.5 Å². The number of nitrogens with zero attached hydrogens (tertiary/aromatic N) is 1. The van der Waals surface area contributed by atoms with Crippen molar-refractivity contribution in [2.24, 2.45) is 4.99 Å². The van der Waals surface area contributed by atoms with Crippen molar-refractivity contribution in [2.75, 3.05) is 5.32 Å². The summed E-state index contributed by atoms with van der Waals surface area (Å²) in [7, 11) is 0. The van der Waals surface area contributed by atoms with Crippen LogP contribution in [0.5, 0.6) is 0 Å². The quantitative estimate of drug-likeness (QED) is 0.636. The number of fused-ring (bicyclic) bond motifs is 2. The van der Waals surface area contributed by atoms with Gasteiger partial charge in [-0.3, -0.25) is 10.1 Å². The molecule has 0 spiro atoms. The Hall–Kier alpha value is -2.37. The second-order valence-corrected chi connectivity index (χ2v) is 4.46. The zero-order chi connectivity index (χ0) is 12.9. The van der Waals surface area contributed by atoms with Gasteiger partial charge in [0.2, 0.25) is 0 Å². The van der Waals surface area contributed by atoms with Crippen LogP contribution in [-0.2, 0) is 4.79 Å². The Balaban J connectivity index is 2.10. The van der Waals surface area contributed by atoms with Crippen molar-refractivity contribution >= 4 is 29.0 Å². The number of hydrogen-bond donors (Lipinski definition) is 3. The number of benzene rings is 1. The molecular formula is C12H12N4O2. The van der Waals surface area contributed by atoms with Gasteiger partial charge in [-0.15, -0.1) is 0 Å². The number of rotatable bonds is 0. The summed E-state index contributed by atoms with van der Waals surface area (Å²) in [6.07, 6.45) is -0.555. The number of urea groups is 1. The first kappa shape index (κ1) is 10.8. The van der Waals surface area contributed by atoms with Crippen LogP contribution in [0.1, 0.15) is 11.1 Å². The Kier molecular flexibility index (Phi) is 2.13. The average Bonchev–Trinajstić information content (AvgIpc) is 2.29. The lowest BCUT2D eigenvalue weighted by Crippen LogP contribution is -2.62. The number of carbonyl (C=O) groups excluding carboxylic acids is 2. The van der Waals surface area contributed by atoms with Gasteiger partial charge in [0.25, 0.3) is 5.91 Å². The molecular weight excluding hydrogens is 232 g/mol. The minimum Gasteiger partial charge on any atom is -0.358 e. The molecule has 1 unspecified atom stereocenters. The molecule has 0 saturated carbocycles. The van der Waals surface area contributed by atoms with E-state index in [4.69, 9.17) is 0 Å². The normalized spacial score (nSPS) is 21.0. The third-order valence-electron chi connectivity index (χ3n) is 3.16. The molecule has 1 atom stereocenters. The number of aryl methyl sites for hydroxylation is 2. The van der Waals surface area contributed by atoms with Gasteiger partial charge in [-0.2, -0.15) is 0 Å². The lowest BCUT2D eigenvalue weighted by molar-refractivity contribution is -0.114. The highest BCUT2D eigenvalue weighted by Gasteiger charge is 2.34. The second-order valence-electron chi connectivity index (χ2n) is 4.46. The molecule has 0 aromatic heterocycles. The molecule has 3 rings (SSSR count). The van der Waals surface area contributed by atoms with E-state index in [1.165, 1.54) is 0 Å². The zero-order valence-corrected chi connectivity index (χ0v) is 10.00. The number of anilines is 1. The van der Waals surface area contributed by atoms with E-state index < -0.39 is 18.1 Å². The monoisotopic (exact) mass is 244 g/mol. The van der Waals surface area contributed by atoms with Crippen molar-refractivity contribution in [3.63, 3.8) is 0 Å². The third kappa shape index (κ3) is 1.54. The maximum Gasteiger partial charge on any atom is 0.323 e. The van der Waals surface area contributed by atoms with Crippen LogP contribution in [0.15, 0.2) is 17.1 Å². The summed E-state index contributed by atoms with van der Waals surface area (Å²) in [6, 6.07) is 3.37. The van der Waals surface area contributed by atoms with Gasteiger partial charge in [-0.1, -0.05) is 0 Å². The zero-order valence-electron chi connectivity index (χ0n) is 10.00. The first-order chi connectivity index (χ1) is 8.54. The molecule has 2 aliphatic rings. The second kappa shape index (κ2) is 3.56. The van der Waals surface area contributed by atoms with E-state index in [-0.39, 0.29) is 5.71 Å². The van der Waals surface area contributed by atoms with E-state index in [1.807, 2.05) is 26.0 Å². The minimum absolute atomic E-state index is 0.283. The van der Waals surface area contributed by atoms with E-state index >= 15 is 0 Å². The highest BCUT2D eigenvalue weighted by atomic mass is 16.2. The summed E-state index contributed by atoms with van der Waals surface area (Å²) in [5.41, 5.74) is 4.06. The summed E-state index contributed by atoms with van der Waals surface area (Å²) >= 11 is 0. The van der Waals surface area contributed by atoms with Crippen molar-refractivity contribution in [3.8, 4) is 0 Å². The lowest BCUT2D eigenvalue weighted by atomic mass is 10.0. The summed E-state index contributed by atoms with van der Waals surface area (Å²) < 4.78 is 0. The van der Waals surface area contributed by atoms with Crippen LogP contribution in [-0.4, -0.2) is 23.8 Å². The molecule has 0 aliphatic carbocycles. The van der Waals surface area contributed by atoms with E-state index in [9.17, 15) is 9.59 Å². The number of hydrogen-bond acceptors (Lipinski definition) is 4. The average molecular weight is 244 g/mol. The smallest absolute Gasteiger partial charge is 0.323 e. The SMILES string of the molecule is Cc1cc2c(cc1C)NC1NC(=O)NC(=O)C1=N2. The molecule has 0 radical (unpaired) electrons. The van der Waals surface area contributed by atoms with Crippen molar-refractivity contribution < 1.29 is 9.59 Å². The number of carbonyl (C=O) groups is 2. The highest BCUT2D eigenvalue weighted by molar-refractivity contribution is 6.46. The predicted molar refractivity (Wildman–Crippen MR) is 67.1 cm³/mol. The molecule has 1 saturated heterocycles. The Morgan fingerprint density at radius 1 is 1.11 bits per heavy atom. The largest absolute Gasteiger partial charge is 0.358 e. The van der Waals surface area contributed by atoms with Gasteiger partial charge in [0.15, 0.2) is 0 Å². The maximum absolute atomic E-state index is 11.7. The highest BCUT2D eigenvalue weighted by Crippen LogP contribution is 2.32. The summed E-state index contributed by atoms with van der Waals surface area (Å²) in [5.74, 6) is -0.458. The summed E-state index contributed by atoms with van der Waals surface area (Å²) in [5, 5.41) is 7.89. The van der Waals surface area contributed by atoms with E-state index in [0.29, 0.717) is 0 Å². The molecule has 2 aliphatic heterocycles. The van der Waals surface area contributed by atoms with Gasteiger partial charge in [-0.05, 0) is 37.1 Å². The molecule has 18 heavy (non-hydrogen) atoms. The van der Waals surface area contributed by atoms with Gasteiger partial charge in [0.1, 0.15) is 11.9 Å². The van der Waals surface area contributed by atoms with Crippen LogP contribution in [0.3, 0.4) is 0 Å². The number of aliphatic imine (C=N–C) groups is 1. The molecule has 2 heterocycles. The van der Waals surface area contributed by atoms with Crippen LogP contribution in [0.2, 0.25) is 0 Å². The summed E-state index contributed by atoms with van der Waals surface area (Å²) in [4.78, 5) is 27.2. The Morgan fingerprint density at radius 3 is 2.61 bits per heavy atom. The van der Waals surface area contributed by atoms with Crippen LogP contribution in [0.25, 0.3) is 0 Å². The van der Waals surface area contributed by atoms with Crippen LogP contribution >= 0.6 is 0 Å². The first-order valence-corrected chi connectivity index (χ1v) is 5.63. The first-order valence-electron chi connectivity index (χ1n) is 5.63. The van der Waals surface area contributed by atoms with Gasteiger partial charge in [-0.25, -0.2) is 9.79 Å². The van der Waals surface area contributed by atoms with Crippen molar-refractivity contribution in [1.82, 2.24) is 10.6 Å². The number of imide groups is 1. The number of amides is 3. The third-order valence-corrected chi connectivity index (χ3v) is 3.16. The molecule has 3 N–H and O–H groups in total. The van der Waals surface area contributed by atoms with E-state index in [2.05, 4.69) is 20.9 Å².